The minimum absolute atomic E-state index is 0.0449. The molecule has 1 aromatic heterocycles. The van der Waals surface area contributed by atoms with E-state index >= 15 is 0 Å². The molecule has 1 aromatic carbocycles. The van der Waals surface area contributed by atoms with E-state index in [-0.39, 0.29) is 5.75 Å². The van der Waals surface area contributed by atoms with Crippen LogP contribution in [0.3, 0.4) is 0 Å². The van der Waals surface area contributed by atoms with Crippen LogP contribution in [0.25, 0.3) is 0 Å². The van der Waals surface area contributed by atoms with E-state index in [0.717, 1.165) is 0 Å². The van der Waals surface area contributed by atoms with E-state index in [1.54, 1.807) is 12.1 Å². The average Bonchev–Trinajstić information content (AvgIpc) is 2.75. The summed E-state index contributed by atoms with van der Waals surface area (Å²) in [5.41, 5.74) is 3.31. The molecule has 0 amide bonds. The molecule has 18 heavy (non-hydrogen) atoms. The van der Waals surface area contributed by atoms with Gasteiger partial charge in [-0.3, -0.25) is 0 Å². The Balaban J connectivity index is 2.05. The Labute approximate surface area is 103 Å². The smallest absolute Gasteiger partial charge is 0.263 e. The highest BCUT2D eigenvalue weighted by Crippen LogP contribution is 2.25. The van der Waals surface area contributed by atoms with Crippen molar-refractivity contribution in [3.05, 3.63) is 30.1 Å². The number of nitrogens with two attached hydrogens (primary N) is 1. The van der Waals surface area contributed by atoms with Crippen molar-refractivity contribution in [1.29, 1.82) is 0 Å². The Morgan fingerprint density at radius 3 is 3.00 bits per heavy atom. The Kier molecular flexibility index (Phi) is 3.28. The fourth-order valence-electron chi connectivity index (χ4n) is 1.27. The summed E-state index contributed by atoms with van der Waals surface area (Å²) in [4.78, 5) is 0. The SMILES string of the molecule is COc1ccc(/C=N\Nc2nncn2N)cc1O. The largest absolute Gasteiger partial charge is 0.504 e. The predicted molar refractivity (Wildman–Crippen MR) is 66.0 cm³/mol. The molecule has 0 saturated carbocycles. The molecular weight excluding hydrogens is 236 g/mol. The molecule has 2 rings (SSSR count). The number of rotatable bonds is 4. The van der Waals surface area contributed by atoms with Gasteiger partial charge >= 0.3 is 0 Å². The van der Waals surface area contributed by atoms with Gasteiger partial charge in [-0.05, 0) is 23.8 Å². The topological polar surface area (TPSA) is 111 Å². The van der Waals surface area contributed by atoms with Crippen LogP contribution < -0.4 is 16.0 Å². The number of ether oxygens (including phenoxy) is 1. The number of phenolic OH excluding ortho intramolecular Hbond substituents is 1. The van der Waals surface area contributed by atoms with Crippen molar-refractivity contribution in [2.75, 3.05) is 18.4 Å². The summed E-state index contributed by atoms with van der Waals surface area (Å²) in [6.07, 6.45) is 2.85. The number of hydrazone groups is 1. The Morgan fingerprint density at radius 2 is 2.39 bits per heavy atom. The first-order valence-electron chi connectivity index (χ1n) is 5.02. The summed E-state index contributed by atoms with van der Waals surface area (Å²) in [6, 6.07) is 4.91. The molecule has 0 fully saturated rings. The zero-order valence-corrected chi connectivity index (χ0v) is 9.61. The molecular formula is C10H12N6O2. The van der Waals surface area contributed by atoms with Gasteiger partial charge in [-0.25, -0.2) is 10.1 Å². The standard InChI is InChI=1S/C10H12N6O2/c1-18-9-3-2-7(4-8(9)17)5-12-14-10-15-13-6-16(10)11/h2-6,17H,11H2,1H3,(H,14,15)/b12-5-. The number of hydrogen-bond donors (Lipinski definition) is 3. The third-order valence-electron chi connectivity index (χ3n) is 2.15. The Hall–Kier alpha value is -2.77. The van der Waals surface area contributed by atoms with Crippen molar-refractivity contribution >= 4 is 12.2 Å². The molecule has 8 nitrogen and oxygen atoms in total. The van der Waals surface area contributed by atoms with Crippen molar-refractivity contribution in [3.8, 4) is 11.5 Å². The van der Waals surface area contributed by atoms with E-state index in [1.165, 1.54) is 30.4 Å². The van der Waals surface area contributed by atoms with Gasteiger partial charge in [0.1, 0.15) is 6.33 Å². The maximum Gasteiger partial charge on any atom is 0.263 e. The van der Waals surface area contributed by atoms with Gasteiger partial charge in [-0.2, -0.15) is 5.10 Å². The number of hydrogen-bond acceptors (Lipinski definition) is 7. The predicted octanol–water partition coefficient (Wildman–Crippen LogP) is 0.152. The molecule has 0 aliphatic rings. The number of nitrogens with zero attached hydrogens (tertiary/aromatic N) is 4. The van der Waals surface area contributed by atoms with Crippen molar-refractivity contribution in [3.63, 3.8) is 0 Å². The number of phenols is 1. The molecule has 2 aromatic rings. The second-order valence-electron chi connectivity index (χ2n) is 3.36. The molecule has 0 aliphatic carbocycles. The molecule has 0 unspecified atom stereocenters. The van der Waals surface area contributed by atoms with Crippen LogP contribution in [0.1, 0.15) is 5.56 Å². The van der Waals surface area contributed by atoms with E-state index in [1.807, 2.05) is 0 Å². The van der Waals surface area contributed by atoms with Gasteiger partial charge in [0.25, 0.3) is 5.95 Å². The Bertz CT molecular complexity index is 565. The monoisotopic (exact) mass is 248 g/mol. The number of nitrogen functional groups attached to an aromatic ring is 1. The lowest BCUT2D eigenvalue weighted by atomic mass is 10.2. The van der Waals surface area contributed by atoms with E-state index in [4.69, 9.17) is 10.6 Å². The number of anilines is 1. The maximum atomic E-state index is 9.57. The van der Waals surface area contributed by atoms with Gasteiger partial charge < -0.3 is 15.7 Å². The first-order chi connectivity index (χ1) is 8.70. The summed E-state index contributed by atoms with van der Waals surface area (Å²) >= 11 is 0. The number of methoxy groups -OCH3 is 1. The quantitative estimate of drug-likeness (QED) is 0.403. The highest BCUT2D eigenvalue weighted by atomic mass is 16.5. The first-order valence-corrected chi connectivity index (χ1v) is 5.02. The molecule has 8 heteroatoms. The second kappa shape index (κ2) is 5.04. The molecule has 0 atom stereocenters. The van der Waals surface area contributed by atoms with Crippen molar-refractivity contribution < 1.29 is 9.84 Å². The summed E-state index contributed by atoms with van der Waals surface area (Å²) in [5, 5.41) is 20.7. The lowest BCUT2D eigenvalue weighted by Gasteiger charge is -2.03. The second-order valence-corrected chi connectivity index (χ2v) is 3.36. The minimum atomic E-state index is 0.0449. The van der Waals surface area contributed by atoms with Gasteiger partial charge in [0.15, 0.2) is 11.5 Å². The molecule has 94 valence electrons. The molecule has 1 heterocycles. The van der Waals surface area contributed by atoms with Gasteiger partial charge in [0.05, 0.1) is 13.3 Å². The van der Waals surface area contributed by atoms with Crippen LogP contribution in [0.2, 0.25) is 0 Å². The maximum absolute atomic E-state index is 9.57. The molecule has 4 N–H and O–H groups in total. The zero-order valence-electron chi connectivity index (χ0n) is 9.61. The third kappa shape index (κ3) is 2.48. The first kappa shape index (κ1) is 11.7. The zero-order chi connectivity index (χ0) is 13.0. The van der Waals surface area contributed by atoms with E-state index in [9.17, 15) is 5.11 Å². The van der Waals surface area contributed by atoms with Crippen LogP contribution in [-0.2, 0) is 0 Å². The highest BCUT2D eigenvalue weighted by molar-refractivity contribution is 5.81. The van der Waals surface area contributed by atoms with Crippen LogP contribution >= 0.6 is 0 Å². The normalized spacial score (nSPS) is 10.7. The summed E-state index contributed by atoms with van der Waals surface area (Å²) in [5.74, 6) is 6.24. The lowest BCUT2D eigenvalue weighted by molar-refractivity contribution is 0.373. The van der Waals surface area contributed by atoms with Crippen LogP contribution in [0.5, 0.6) is 11.5 Å². The molecule has 0 saturated heterocycles. The molecule has 0 radical (unpaired) electrons. The van der Waals surface area contributed by atoms with Gasteiger partial charge in [0, 0.05) is 0 Å². The van der Waals surface area contributed by atoms with Gasteiger partial charge in [-0.15, -0.1) is 10.2 Å². The fourth-order valence-corrected chi connectivity index (χ4v) is 1.27. The van der Waals surface area contributed by atoms with Crippen molar-refractivity contribution in [1.82, 2.24) is 14.9 Å². The molecule has 0 bridgehead atoms. The molecule has 0 spiro atoms. The van der Waals surface area contributed by atoms with Crippen LogP contribution in [-0.4, -0.2) is 33.3 Å². The minimum Gasteiger partial charge on any atom is -0.504 e. The van der Waals surface area contributed by atoms with E-state index in [2.05, 4.69) is 20.7 Å². The highest BCUT2D eigenvalue weighted by Gasteiger charge is 2.01. The lowest BCUT2D eigenvalue weighted by Crippen LogP contribution is -2.10. The average molecular weight is 248 g/mol. The number of benzene rings is 1. The summed E-state index contributed by atoms with van der Waals surface area (Å²) < 4.78 is 6.13. The van der Waals surface area contributed by atoms with Crippen LogP contribution in [0.4, 0.5) is 5.95 Å². The third-order valence-corrected chi connectivity index (χ3v) is 2.15. The van der Waals surface area contributed by atoms with Gasteiger partial charge in [-0.1, -0.05) is 0 Å². The van der Waals surface area contributed by atoms with Crippen LogP contribution in [0, 0.1) is 0 Å². The molecule has 0 aliphatic heterocycles. The van der Waals surface area contributed by atoms with Crippen LogP contribution in [0.15, 0.2) is 29.6 Å². The summed E-state index contributed by atoms with van der Waals surface area (Å²) in [7, 11) is 1.48. The Morgan fingerprint density at radius 1 is 1.56 bits per heavy atom. The van der Waals surface area contributed by atoms with E-state index < -0.39 is 0 Å². The number of aromatic hydroxyl groups is 1. The van der Waals surface area contributed by atoms with Gasteiger partial charge in [0.2, 0.25) is 0 Å². The van der Waals surface area contributed by atoms with Crippen molar-refractivity contribution in [2.24, 2.45) is 5.10 Å². The van der Waals surface area contributed by atoms with E-state index in [0.29, 0.717) is 17.3 Å². The fraction of sp³-hybridized carbons (Fsp3) is 0.100. The number of nitrogens with one attached hydrogen (secondary N) is 1. The summed E-state index contributed by atoms with van der Waals surface area (Å²) in [6.45, 7) is 0. The number of aromatic nitrogens is 3. The van der Waals surface area contributed by atoms with Crippen molar-refractivity contribution in [2.45, 2.75) is 0 Å².